The summed E-state index contributed by atoms with van der Waals surface area (Å²) >= 11 is 0. The number of hydrogen-bond donors (Lipinski definition) is 0. The Kier molecular flexibility index (Phi) is 7.04. The Labute approximate surface area is 198 Å². The lowest BCUT2D eigenvalue weighted by Crippen LogP contribution is -2.05. The standard InChI is InChI=1S/C31H32N2/c1-23(2)30-29(21-27-16-10-6-11-17-27)32-31(24(3)20-26-14-8-5-9-15-26)33(30)22-25(4)28-18-12-7-13-19-28/h5-19,22-23H,3,20-21H2,1-2,4H3/b25-22+. The third kappa shape index (κ3) is 5.40. The summed E-state index contributed by atoms with van der Waals surface area (Å²) in [6.45, 7) is 11.1. The van der Waals surface area contributed by atoms with Gasteiger partial charge in [-0.3, -0.25) is 0 Å². The molecule has 3 aromatic carbocycles. The van der Waals surface area contributed by atoms with Crippen LogP contribution < -0.4 is 0 Å². The van der Waals surface area contributed by atoms with Crippen molar-refractivity contribution in [1.82, 2.24) is 9.55 Å². The molecule has 2 heteroatoms. The van der Waals surface area contributed by atoms with Gasteiger partial charge in [-0.25, -0.2) is 4.98 Å². The summed E-state index contributed by atoms with van der Waals surface area (Å²) in [7, 11) is 0. The molecule has 4 rings (SSSR count). The normalized spacial score (nSPS) is 11.7. The number of allylic oxidation sites excluding steroid dienone is 2. The zero-order valence-corrected chi connectivity index (χ0v) is 19.8. The second kappa shape index (κ2) is 10.3. The SMILES string of the molecule is C=C(Cc1ccccc1)c1nc(Cc2ccccc2)c(C(C)C)n1/C=C(\C)c1ccccc1. The van der Waals surface area contributed by atoms with Gasteiger partial charge in [0, 0.05) is 24.7 Å². The lowest BCUT2D eigenvalue weighted by molar-refractivity contribution is 0.784. The molecule has 1 aromatic heterocycles. The van der Waals surface area contributed by atoms with Crippen LogP contribution in [0.25, 0.3) is 17.3 Å². The van der Waals surface area contributed by atoms with Crippen molar-refractivity contribution in [3.05, 3.63) is 131 Å². The first kappa shape index (κ1) is 22.5. The second-order valence-electron chi connectivity index (χ2n) is 8.90. The first-order valence-corrected chi connectivity index (χ1v) is 11.6. The van der Waals surface area contributed by atoms with Gasteiger partial charge in [-0.1, -0.05) is 111 Å². The molecule has 0 bridgehead atoms. The van der Waals surface area contributed by atoms with Crippen LogP contribution in [0.5, 0.6) is 0 Å². The van der Waals surface area contributed by atoms with Gasteiger partial charge in [0.05, 0.1) is 5.69 Å². The highest BCUT2D eigenvalue weighted by molar-refractivity contribution is 5.76. The van der Waals surface area contributed by atoms with E-state index in [4.69, 9.17) is 4.98 Å². The Morgan fingerprint density at radius 2 is 1.39 bits per heavy atom. The van der Waals surface area contributed by atoms with Gasteiger partial charge in [-0.05, 0) is 40.7 Å². The smallest absolute Gasteiger partial charge is 0.140 e. The fourth-order valence-corrected chi connectivity index (χ4v) is 4.29. The molecular weight excluding hydrogens is 400 g/mol. The van der Waals surface area contributed by atoms with Crippen molar-refractivity contribution < 1.29 is 0 Å². The van der Waals surface area contributed by atoms with Crippen LogP contribution in [-0.2, 0) is 12.8 Å². The van der Waals surface area contributed by atoms with Crippen molar-refractivity contribution in [2.24, 2.45) is 0 Å². The zero-order valence-electron chi connectivity index (χ0n) is 19.8. The molecule has 0 N–H and O–H groups in total. The molecule has 0 aliphatic carbocycles. The minimum Gasteiger partial charge on any atom is -0.303 e. The van der Waals surface area contributed by atoms with Crippen LogP contribution >= 0.6 is 0 Å². The largest absolute Gasteiger partial charge is 0.303 e. The third-order valence-electron chi connectivity index (χ3n) is 5.91. The van der Waals surface area contributed by atoms with E-state index >= 15 is 0 Å². The van der Waals surface area contributed by atoms with E-state index in [0.717, 1.165) is 29.9 Å². The molecule has 0 unspecified atom stereocenters. The van der Waals surface area contributed by atoms with Crippen LogP contribution in [0, 0.1) is 0 Å². The maximum Gasteiger partial charge on any atom is 0.140 e. The molecule has 166 valence electrons. The van der Waals surface area contributed by atoms with Gasteiger partial charge in [0.2, 0.25) is 0 Å². The van der Waals surface area contributed by atoms with Gasteiger partial charge in [-0.2, -0.15) is 0 Å². The molecule has 2 nitrogen and oxygen atoms in total. The number of rotatable bonds is 8. The number of imidazole rings is 1. The van der Waals surface area contributed by atoms with Gasteiger partial charge in [0.25, 0.3) is 0 Å². The molecular formula is C31H32N2. The fraction of sp³-hybridized carbons (Fsp3) is 0.194. The van der Waals surface area contributed by atoms with Crippen molar-refractivity contribution >= 4 is 17.3 Å². The van der Waals surface area contributed by atoms with E-state index in [9.17, 15) is 0 Å². The summed E-state index contributed by atoms with van der Waals surface area (Å²) in [6, 6.07) is 31.6. The minimum absolute atomic E-state index is 0.328. The summed E-state index contributed by atoms with van der Waals surface area (Å²) in [6.07, 6.45) is 3.82. The molecule has 1 heterocycles. The summed E-state index contributed by atoms with van der Waals surface area (Å²) in [5, 5.41) is 0. The van der Waals surface area contributed by atoms with E-state index in [1.165, 1.54) is 28.0 Å². The molecule has 0 atom stereocenters. The van der Waals surface area contributed by atoms with Gasteiger partial charge in [-0.15, -0.1) is 0 Å². The van der Waals surface area contributed by atoms with Crippen molar-refractivity contribution in [3.63, 3.8) is 0 Å². The lowest BCUT2D eigenvalue weighted by atomic mass is 10.0. The Bertz CT molecular complexity index is 1230. The molecule has 0 saturated heterocycles. The predicted octanol–water partition coefficient (Wildman–Crippen LogP) is 7.87. The van der Waals surface area contributed by atoms with Crippen molar-refractivity contribution in [2.45, 2.75) is 39.5 Å². The van der Waals surface area contributed by atoms with Crippen LogP contribution in [0.3, 0.4) is 0 Å². The first-order valence-electron chi connectivity index (χ1n) is 11.6. The van der Waals surface area contributed by atoms with Gasteiger partial charge in [0.1, 0.15) is 5.82 Å². The lowest BCUT2D eigenvalue weighted by Gasteiger charge is -2.14. The topological polar surface area (TPSA) is 17.8 Å². The number of aromatic nitrogens is 2. The average molecular weight is 433 g/mol. The molecule has 4 aromatic rings. The predicted molar refractivity (Wildman–Crippen MR) is 141 cm³/mol. The van der Waals surface area contributed by atoms with E-state index < -0.39 is 0 Å². The summed E-state index contributed by atoms with van der Waals surface area (Å²) < 4.78 is 2.29. The van der Waals surface area contributed by atoms with Crippen LogP contribution in [0.15, 0.2) is 97.6 Å². The highest BCUT2D eigenvalue weighted by atomic mass is 15.1. The average Bonchev–Trinajstić information content (AvgIpc) is 3.18. The van der Waals surface area contributed by atoms with Gasteiger partial charge >= 0.3 is 0 Å². The van der Waals surface area contributed by atoms with Gasteiger partial charge < -0.3 is 4.57 Å². The maximum absolute atomic E-state index is 5.19. The summed E-state index contributed by atoms with van der Waals surface area (Å²) in [4.78, 5) is 5.19. The number of benzene rings is 3. The second-order valence-corrected chi connectivity index (χ2v) is 8.90. The molecule has 0 amide bonds. The molecule has 0 aliphatic heterocycles. The van der Waals surface area contributed by atoms with Crippen LogP contribution in [0.1, 0.15) is 60.6 Å². The highest BCUT2D eigenvalue weighted by Crippen LogP contribution is 2.30. The highest BCUT2D eigenvalue weighted by Gasteiger charge is 2.21. The van der Waals surface area contributed by atoms with E-state index in [1.807, 2.05) is 6.07 Å². The number of nitrogens with zero attached hydrogens (tertiary/aromatic N) is 2. The quantitative estimate of drug-likeness (QED) is 0.277. The fourth-order valence-electron chi connectivity index (χ4n) is 4.29. The molecule has 0 spiro atoms. The summed E-state index contributed by atoms with van der Waals surface area (Å²) in [5.74, 6) is 1.28. The monoisotopic (exact) mass is 432 g/mol. The Hall–Kier alpha value is -3.65. The van der Waals surface area contributed by atoms with E-state index in [0.29, 0.717) is 5.92 Å². The van der Waals surface area contributed by atoms with Gasteiger partial charge in [0.15, 0.2) is 0 Å². The van der Waals surface area contributed by atoms with Crippen LogP contribution in [-0.4, -0.2) is 9.55 Å². The molecule has 33 heavy (non-hydrogen) atoms. The zero-order chi connectivity index (χ0) is 23.2. The Morgan fingerprint density at radius 3 is 1.97 bits per heavy atom. The minimum atomic E-state index is 0.328. The first-order chi connectivity index (χ1) is 16.0. The Morgan fingerprint density at radius 1 is 0.848 bits per heavy atom. The molecule has 0 radical (unpaired) electrons. The van der Waals surface area contributed by atoms with Crippen LogP contribution in [0.4, 0.5) is 0 Å². The molecule has 0 saturated carbocycles. The van der Waals surface area contributed by atoms with Crippen molar-refractivity contribution in [1.29, 1.82) is 0 Å². The molecule has 0 aliphatic rings. The van der Waals surface area contributed by atoms with Crippen molar-refractivity contribution in [2.75, 3.05) is 0 Å². The Balaban J connectivity index is 1.82. The van der Waals surface area contributed by atoms with Crippen LogP contribution in [0.2, 0.25) is 0 Å². The van der Waals surface area contributed by atoms with E-state index in [-0.39, 0.29) is 0 Å². The van der Waals surface area contributed by atoms with Crippen molar-refractivity contribution in [3.8, 4) is 0 Å². The molecule has 0 fully saturated rings. The van der Waals surface area contributed by atoms with E-state index in [2.05, 4.69) is 123 Å². The third-order valence-corrected chi connectivity index (χ3v) is 5.91. The maximum atomic E-state index is 5.19. The summed E-state index contributed by atoms with van der Waals surface area (Å²) in [5.41, 5.74) is 8.33. The number of hydrogen-bond acceptors (Lipinski definition) is 1. The van der Waals surface area contributed by atoms with E-state index in [1.54, 1.807) is 0 Å².